The first-order valence-electron chi connectivity index (χ1n) is 4.54. The van der Waals surface area contributed by atoms with Crippen LogP contribution < -0.4 is 4.74 Å². The summed E-state index contributed by atoms with van der Waals surface area (Å²) in [5.74, 6) is -1.48. The molecule has 1 atom stereocenters. The highest BCUT2D eigenvalue weighted by Crippen LogP contribution is 2.44. The van der Waals surface area contributed by atoms with Gasteiger partial charge in [-0.05, 0) is 24.3 Å². The van der Waals surface area contributed by atoms with E-state index in [1.54, 1.807) is 0 Å². The van der Waals surface area contributed by atoms with Crippen LogP contribution in [0.2, 0.25) is 5.02 Å². The molecule has 1 heterocycles. The van der Waals surface area contributed by atoms with Gasteiger partial charge < -0.3 is 9.47 Å². The molecule has 0 aliphatic carbocycles. The lowest BCUT2D eigenvalue weighted by atomic mass is 10.1. The Balaban J connectivity index is 2.10. The smallest absolute Gasteiger partial charge is 0.424 e. The lowest BCUT2D eigenvalue weighted by Gasteiger charge is -2.14. The maximum absolute atomic E-state index is 12.5. The van der Waals surface area contributed by atoms with E-state index in [4.69, 9.17) is 11.6 Å². The second-order valence-corrected chi connectivity index (χ2v) is 3.89. The molecular formula is C10H6ClF3O3. The highest BCUT2D eigenvalue weighted by atomic mass is 35.5. The molecule has 0 bridgehead atoms. The molecule has 0 amide bonds. The van der Waals surface area contributed by atoms with E-state index in [1.807, 2.05) is 0 Å². The molecule has 2 rings (SSSR count). The molecule has 1 aromatic rings. The van der Waals surface area contributed by atoms with Crippen LogP contribution in [-0.4, -0.2) is 24.4 Å². The van der Waals surface area contributed by atoms with Gasteiger partial charge in [0.15, 0.2) is 0 Å². The van der Waals surface area contributed by atoms with E-state index in [0.717, 1.165) is 0 Å². The first kappa shape index (κ1) is 12.2. The van der Waals surface area contributed by atoms with Crippen LogP contribution in [-0.2, 0) is 9.53 Å². The van der Waals surface area contributed by atoms with Crippen LogP contribution in [0.1, 0.15) is 0 Å². The first-order chi connectivity index (χ1) is 7.85. The Hall–Kier alpha value is -1.27. The second-order valence-electron chi connectivity index (χ2n) is 3.46. The Morgan fingerprint density at radius 3 is 2.29 bits per heavy atom. The second kappa shape index (κ2) is 3.89. The molecule has 0 radical (unpaired) electrons. The Morgan fingerprint density at radius 2 is 1.88 bits per heavy atom. The molecule has 0 unspecified atom stereocenters. The first-order valence-corrected chi connectivity index (χ1v) is 4.91. The van der Waals surface area contributed by atoms with Crippen molar-refractivity contribution in [3.05, 3.63) is 29.3 Å². The van der Waals surface area contributed by atoms with Crippen LogP contribution in [0.25, 0.3) is 0 Å². The Morgan fingerprint density at radius 1 is 1.35 bits per heavy atom. The van der Waals surface area contributed by atoms with E-state index in [9.17, 15) is 18.0 Å². The fourth-order valence-electron chi connectivity index (χ4n) is 1.16. The zero-order chi connectivity index (χ0) is 12.7. The third-order valence-electron chi connectivity index (χ3n) is 2.24. The third-order valence-corrected chi connectivity index (χ3v) is 2.50. The van der Waals surface area contributed by atoms with Crippen LogP contribution in [0, 0.1) is 0 Å². The van der Waals surface area contributed by atoms with Crippen molar-refractivity contribution >= 4 is 17.6 Å². The normalized spacial score (nSPS) is 23.3. The number of halogens is 4. The average Bonchev–Trinajstić information content (AvgIpc) is 3.01. The average molecular weight is 267 g/mol. The minimum atomic E-state index is -4.77. The SMILES string of the molecule is O=C(Oc1ccc(Cl)cc1)[C@@]1(C(F)(F)F)CO1. The Labute approximate surface area is 99.1 Å². The molecule has 92 valence electrons. The summed E-state index contributed by atoms with van der Waals surface area (Å²) >= 11 is 5.58. The van der Waals surface area contributed by atoms with Crippen LogP contribution in [0.5, 0.6) is 5.75 Å². The molecule has 0 saturated carbocycles. The molecule has 1 aliphatic heterocycles. The Bertz CT molecular complexity index is 437. The highest BCUT2D eigenvalue weighted by Gasteiger charge is 2.73. The number of esters is 1. The molecule has 17 heavy (non-hydrogen) atoms. The molecule has 1 fully saturated rings. The van der Waals surface area contributed by atoms with Crippen molar-refractivity contribution in [2.75, 3.05) is 6.61 Å². The van der Waals surface area contributed by atoms with Crippen molar-refractivity contribution in [2.24, 2.45) is 0 Å². The van der Waals surface area contributed by atoms with Crippen LogP contribution in [0.4, 0.5) is 13.2 Å². The topological polar surface area (TPSA) is 38.8 Å². The molecule has 1 aliphatic rings. The van der Waals surface area contributed by atoms with Gasteiger partial charge in [0.05, 0.1) is 6.61 Å². The summed E-state index contributed by atoms with van der Waals surface area (Å²) in [6.45, 7) is -0.705. The van der Waals surface area contributed by atoms with E-state index in [1.165, 1.54) is 24.3 Å². The standard InChI is InChI=1S/C10H6ClF3O3/c11-6-1-3-7(4-2-6)17-8(15)9(5-16-9)10(12,13)14/h1-4H,5H2/t9-/m1/s1. The fraction of sp³-hybridized carbons (Fsp3) is 0.300. The van der Waals surface area contributed by atoms with E-state index in [0.29, 0.717) is 5.02 Å². The van der Waals surface area contributed by atoms with Gasteiger partial charge in [-0.1, -0.05) is 11.6 Å². The molecule has 0 spiro atoms. The van der Waals surface area contributed by atoms with Crippen molar-refractivity contribution in [2.45, 2.75) is 11.8 Å². The van der Waals surface area contributed by atoms with E-state index >= 15 is 0 Å². The van der Waals surface area contributed by atoms with E-state index < -0.39 is 24.4 Å². The van der Waals surface area contributed by atoms with Crippen molar-refractivity contribution in [3.63, 3.8) is 0 Å². The minimum absolute atomic E-state index is 0.0153. The zero-order valence-electron chi connectivity index (χ0n) is 8.25. The quantitative estimate of drug-likeness (QED) is 0.469. The minimum Gasteiger partial charge on any atom is -0.424 e. The maximum atomic E-state index is 12.5. The number of alkyl halides is 3. The van der Waals surface area contributed by atoms with Gasteiger partial charge in [0, 0.05) is 5.02 Å². The van der Waals surface area contributed by atoms with Gasteiger partial charge in [0.1, 0.15) is 5.75 Å². The molecule has 1 aromatic carbocycles. The van der Waals surface area contributed by atoms with Gasteiger partial charge in [-0.3, -0.25) is 0 Å². The maximum Gasteiger partial charge on any atom is 0.430 e. The molecule has 7 heteroatoms. The number of benzene rings is 1. The summed E-state index contributed by atoms with van der Waals surface area (Å²) in [5, 5.41) is 0.387. The Kier molecular flexibility index (Phi) is 2.79. The summed E-state index contributed by atoms with van der Waals surface area (Å²) in [7, 11) is 0. The van der Waals surface area contributed by atoms with Gasteiger partial charge in [-0.2, -0.15) is 13.2 Å². The van der Waals surface area contributed by atoms with Gasteiger partial charge >= 0.3 is 12.1 Å². The fourth-order valence-corrected chi connectivity index (χ4v) is 1.29. The van der Waals surface area contributed by atoms with Gasteiger partial charge in [-0.25, -0.2) is 4.79 Å². The van der Waals surface area contributed by atoms with E-state index in [-0.39, 0.29) is 5.75 Å². The lowest BCUT2D eigenvalue weighted by molar-refractivity contribution is -0.198. The summed E-state index contributed by atoms with van der Waals surface area (Å²) in [6.07, 6.45) is -4.77. The van der Waals surface area contributed by atoms with Crippen molar-refractivity contribution in [1.82, 2.24) is 0 Å². The van der Waals surface area contributed by atoms with E-state index in [2.05, 4.69) is 9.47 Å². The monoisotopic (exact) mass is 266 g/mol. The number of hydrogen-bond donors (Lipinski definition) is 0. The van der Waals surface area contributed by atoms with Crippen molar-refractivity contribution in [1.29, 1.82) is 0 Å². The van der Waals surface area contributed by atoms with Gasteiger partial charge in [0.25, 0.3) is 5.60 Å². The number of carbonyl (C=O) groups excluding carboxylic acids is 1. The summed E-state index contributed by atoms with van der Waals surface area (Å²) in [6, 6.07) is 5.40. The van der Waals surface area contributed by atoms with Crippen LogP contribution >= 0.6 is 11.6 Å². The summed E-state index contributed by atoms with van der Waals surface area (Å²) < 4.78 is 46.2. The molecule has 0 aromatic heterocycles. The van der Waals surface area contributed by atoms with Gasteiger partial charge in [0.2, 0.25) is 0 Å². The summed E-state index contributed by atoms with van der Waals surface area (Å²) in [5.41, 5.74) is -2.80. The predicted octanol–water partition coefficient (Wildman–Crippen LogP) is 2.58. The van der Waals surface area contributed by atoms with Crippen molar-refractivity contribution < 1.29 is 27.4 Å². The number of rotatable bonds is 2. The molecule has 1 saturated heterocycles. The lowest BCUT2D eigenvalue weighted by Crippen LogP contribution is -2.43. The van der Waals surface area contributed by atoms with Gasteiger partial charge in [-0.15, -0.1) is 0 Å². The number of carbonyl (C=O) groups is 1. The largest absolute Gasteiger partial charge is 0.430 e. The summed E-state index contributed by atoms with van der Waals surface area (Å²) in [4.78, 5) is 11.3. The number of epoxide rings is 1. The molecule has 3 nitrogen and oxygen atoms in total. The third kappa shape index (κ3) is 2.23. The van der Waals surface area contributed by atoms with Crippen molar-refractivity contribution in [3.8, 4) is 5.75 Å². The zero-order valence-corrected chi connectivity index (χ0v) is 9.01. The van der Waals surface area contributed by atoms with Crippen LogP contribution in [0.3, 0.4) is 0 Å². The number of hydrogen-bond acceptors (Lipinski definition) is 3. The number of ether oxygens (including phenoxy) is 2. The molecular weight excluding hydrogens is 261 g/mol. The highest BCUT2D eigenvalue weighted by molar-refractivity contribution is 6.30. The predicted molar refractivity (Wildman–Crippen MR) is 51.8 cm³/mol. The molecule has 0 N–H and O–H groups in total. The van der Waals surface area contributed by atoms with Crippen LogP contribution in [0.15, 0.2) is 24.3 Å².